The summed E-state index contributed by atoms with van der Waals surface area (Å²) in [7, 11) is 0. The molecule has 1 heteroatoms. The van der Waals surface area contributed by atoms with Crippen LogP contribution in [0.1, 0.15) is 30.7 Å². The van der Waals surface area contributed by atoms with Crippen LogP contribution in [-0.2, 0) is 0 Å². The van der Waals surface area contributed by atoms with Crippen molar-refractivity contribution in [2.75, 3.05) is 0 Å². The van der Waals surface area contributed by atoms with Crippen molar-refractivity contribution in [1.29, 1.82) is 0 Å². The smallest absolute Gasteiger partial charge is 0.123 e. The van der Waals surface area contributed by atoms with Crippen LogP contribution >= 0.6 is 0 Å². The molecule has 1 unspecified atom stereocenters. The van der Waals surface area contributed by atoms with Gasteiger partial charge in [0.2, 0.25) is 0 Å². The predicted molar refractivity (Wildman–Crippen MR) is 51.8 cm³/mol. The highest BCUT2D eigenvalue weighted by molar-refractivity contribution is 5.22. The molecule has 1 aromatic rings. The Morgan fingerprint density at radius 2 is 1.92 bits per heavy atom. The number of halogens is 1. The first kappa shape index (κ1) is 8.74. The van der Waals surface area contributed by atoms with Gasteiger partial charge >= 0.3 is 0 Å². The summed E-state index contributed by atoms with van der Waals surface area (Å²) < 4.78 is 12.7. The van der Waals surface area contributed by atoms with E-state index >= 15 is 0 Å². The van der Waals surface area contributed by atoms with E-state index in [1.165, 1.54) is 18.4 Å². The lowest BCUT2D eigenvalue weighted by Crippen LogP contribution is -1.99. The molecular weight excluding hydrogens is 163 g/mol. The Morgan fingerprint density at radius 1 is 1.31 bits per heavy atom. The zero-order valence-electron chi connectivity index (χ0n) is 7.67. The normalized spacial score (nSPS) is 18.6. The van der Waals surface area contributed by atoms with Gasteiger partial charge < -0.3 is 0 Å². The fourth-order valence-electron chi connectivity index (χ4n) is 1.88. The van der Waals surface area contributed by atoms with Crippen LogP contribution in [0, 0.1) is 18.7 Å². The molecule has 1 aliphatic rings. The van der Waals surface area contributed by atoms with E-state index in [9.17, 15) is 4.39 Å². The molecule has 0 heterocycles. The van der Waals surface area contributed by atoms with Crippen LogP contribution in [-0.4, -0.2) is 0 Å². The van der Waals surface area contributed by atoms with Crippen molar-refractivity contribution in [3.63, 3.8) is 0 Å². The van der Waals surface area contributed by atoms with Crippen molar-refractivity contribution < 1.29 is 4.39 Å². The fourth-order valence-corrected chi connectivity index (χ4v) is 1.88. The van der Waals surface area contributed by atoms with Gasteiger partial charge in [-0.05, 0) is 48.8 Å². The standard InChI is InChI=1S/C12H14F/c1-2-12(9-3-4-9)10-5-7-11(13)8-6-10/h5-9,12H,1-4H2. The molecule has 0 aliphatic heterocycles. The number of rotatable bonds is 3. The van der Waals surface area contributed by atoms with Crippen LogP contribution in [0.25, 0.3) is 0 Å². The Kier molecular flexibility index (Phi) is 2.34. The van der Waals surface area contributed by atoms with Crippen LogP contribution in [0.2, 0.25) is 0 Å². The molecular formula is C12H14F. The molecule has 1 saturated carbocycles. The van der Waals surface area contributed by atoms with E-state index in [1.807, 2.05) is 12.1 Å². The number of hydrogen-bond acceptors (Lipinski definition) is 0. The maximum atomic E-state index is 12.7. The fraction of sp³-hybridized carbons (Fsp3) is 0.417. The highest BCUT2D eigenvalue weighted by atomic mass is 19.1. The van der Waals surface area contributed by atoms with Crippen LogP contribution in [0.5, 0.6) is 0 Å². The zero-order chi connectivity index (χ0) is 9.26. The molecule has 0 spiro atoms. The lowest BCUT2D eigenvalue weighted by Gasteiger charge is -2.13. The van der Waals surface area contributed by atoms with Crippen molar-refractivity contribution in [1.82, 2.24) is 0 Å². The SMILES string of the molecule is [CH2]CC(c1ccc(F)cc1)C1CC1. The van der Waals surface area contributed by atoms with Crippen molar-refractivity contribution >= 4 is 0 Å². The molecule has 1 aromatic carbocycles. The largest absolute Gasteiger partial charge is 0.207 e. The van der Waals surface area contributed by atoms with Crippen LogP contribution in [0.15, 0.2) is 24.3 Å². The van der Waals surface area contributed by atoms with Gasteiger partial charge in [0.05, 0.1) is 0 Å². The molecule has 0 nitrogen and oxygen atoms in total. The summed E-state index contributed by atoms with van der Waals surface area (Å²) >= 11 is 0. The van der Waals surface area contributed by atoms with E-state index < -0.39 is 0 Å². The third-order valence-electron chi connectivity index (χ3n) is 2.80. The lowest BCUT2D eigenvalue weighted by molar-refractivity contribution is 0.601. The minimum absolute atomic E-state index is 0.151. The third kappa shape index (κ3) is 1.90. The monoisotopic (exact) mass is 177 g/mol. The Balaban J connectivity index is 2.17. The van der Waals surface area contributed by atoms with E-state index in [2.05, 4.69) is 6.92 Å². The highest BCUT2D eigenvalue weighted by Crippen LogP contribution is 2.44. The van der Waals surface area contributed by atoms with Gasteiger partial charge in [0.15, 0.2) is 0 Å². The maximum absolute atomic E-state index is 12.7. The Labute approximate surface area is 78.8 Å². The Hall–Kier alpha value is -0.850. The van der Waals surface area contributed by atoms with E-state index in [0.717, 1.165) is 12.3 Å². The zero-order valence-corrected chi connectivity index (χ0v) is 7.67. The van der Waals surface area contributed by atoms with Gasteiger partial charge in [-0.2, -0.15) is 0 Å². The molecule has 2 rings (SSSR count). The first-order chi connectivity index (χ1) is 6.31. The van der Waals surface area contributed by atoms with E-state index in [4.69, 9.17) is 0 Å². The van der Waals surface area contributed by atoms with Crippen LogP contribution < -0.4 is 0 Å². The van der Waals surface area contributed by atoms with Gasteiger partial charge in [0.25, 0.3) is 0 Å². The molecule has 1 atom stereocenters. The second kappa shape index (κ2) is 3.49. The van der Waals surface area contributed by atoms with Crippen molar-refractivity contribution in [2.24, 2.45) is 5.92 Å². The first-order valence-corrected chi connectivity index (χ1v) is 4.86. The second-order valence-electron chi connectivity index (χ2n) is 3.78. The summed E-state index contributed by atoms with van der Waals surface area (Å²) in [6.45, 7) is 3.95. The molecule has 1 fully saturated rings. The summed E-state index contributed by atoms with van der Waals surface area (Å²) in [5, 5.41) is 0. The van der Waals surface area contributed by atoms with Crippen LogP contribution in [0.4, 0.5) is 4.39 Å². The quantitative estimate of drug-likeness (QED) is 0.662. The number of hydrogen-bond donors (Lipinski definition) is 0. The van der Waals surface area contributed by atoms with Gasteiger partial charge in [-0.1, -0.05) is 19.1 Å². The highest BCUT2D eigenvalue weighted by Gasteiger charge is 2.30. The van der Waals surface area contributed by atoms with Crippen LogP contribution in [0.3, 0.4) is 0 Å². The number of benzene rings is 1. The lowest BCUT2D eigenvalue weighted by atomic mass is 9.92. The molecule has 0 amide bonds. The Morgan fingerprint density at radius 3 is 2.38 bits per heavy atom. The second-order valence-corrected chi connectivity index (χ2v) is 3.78. The molecule has 0 N–H and O–H groups in total. The molecule has 69 valence electrons. The van der Waals surface area contributed by atoms with Crippen molar-refractivity contribution in [3.8, 4) is 0 Å². The van der Waals surface area contributed by atoms with Crippen molar-refractivity contribution in [2.45, 2.75) is 25.2 Å². The molecule has 0 aromatic heterocycles. The minimum atomic E-state index is -0.151. The van der Waals surface area contributed by atoms with Gasteiger partial charge in [0, 0.05) is 0 Å². The summed E-state index contributed by atoms with van der Waals surface area (Å²) in [6, 6.07) is 6.87. The summed E-state index contributed by atoms with van der Waals surface area (Å²) in [6.07, 6.45) is 3.56. The van der Waals surface area contributed by atoms with E-state index in [1.54, 1.807) is 12.1 Å². The summed E-state index contributed by atoms with van der Waals surface area (Å²) in [4.78, 5) is 0. The van der Waals surface area contributed by atoms with E-state index in [-0.39, 0.29) is 5.82 Å². The first-order valence-electron chi connectivity index (χ1n) is 4.86. The average Bonchev–Trinajstić information content (AvgIpc) is 2.93. The van der Waals surface area contributed by atoms with Gasteiger partial charge in [-0.25, -0.2) is 4.39 Å². The van der Waals surface area contributed by atoms with Gasteiger partial charge in [-0.3, -0.25) is 0 Å². The maximum Gasteiger partial charge on any atom is 0.123 e. The third-order valence-corrected chi connectivity index (χ3v) is 2.80. The summed E-state index contributed by atoms with van der Waals surface area (Å²) in [5.74, 6) is 1.21. The molecule has 0 bridgehead atoms. The molecule has 0 saturated heterocycles. The van der Waals surface area contributed by atoms with Gasteiger partial charge in [-0.15, -0.1) is 0 Å². The average molecular weight is 177 g/mol. The van der Waals surface area contributed by atoms with Gasteiger partial charge in [0.1, 0.15) is 5.82 Å². The summed E-state index contributed by atoms with van der Waals surface area (Å²) in [5.41, 5.74) is 1.25. The predicted octanol–water partition coefficient (Wildman–Crippen LogP) is 3.54. The Bertz CT molecular complexity index is 272. The van der Waals surface area contributed by atoms with E-state index in [0.29, 0.717) is 5.92 Å². The minimum Gasteiger partial charge on any atom is -0.207 e. The van der Waals surface area contributed by atoms with Crippen molar-refractivity contribution in [3.05, 3.63) is 42.6 Å². The molecule has 13 heavy (non-hydrogen) atoms. The molecule has 1 aliphatic carbocycles. The molecule has 1 radical (unpaired) electrons. The topological polar surface area (TPSA) is 0 Å².